The fourth-order valence-electron chi connectivity index (χ4n) is 4.83. The third kappa shape index (κ3) is 6.74. The average Bonchev–Trinajstić information content (AvgIpc) is 3.33. The Hall–Kier alpha value is -4.05. The topological polar surface area (TPSA) is 105 Å². The number of ether oxygens (including phenoxy) is 2. The van der Waals surface area contributed by atoms with E-state index in [-0.39, 0.29) is 23.1 Å². The van der Waals surface area contributed by atoms with Crippen LogP contribution in [0.15, 0.2) is 65.6 Å². The van der Waals surface area contributed by atoms with Gasteiger partial charge in [0.25, 0.3) is 10.0 Å². The van der Waals surface area contributed by atoms with Crippen LogP contribution in [-0.4, -0.2) is 52.4 Å². The number of hydrogen-bond donors (Lipinski definition) is 1. The molecule has 0 bridgehead atoms. The van der Waals surface area contributed by atoms with Gasteiger partial charge in [0.2, 0.25) is 11.8 Å². The summed E-state index contributed by atoms with van der Waals surface area (Å²) < 4.78 is 39.4. The van der Waals surface area contributed by atoms with Crippen molar-refractivity contribution >= 4 is 27.5 Å². The molecule has 9 nitrogen and oxygen atoms in total. The van der Waals surface area contributed by atoms with Crippen LogP contribution in [0, 0.1) is 13.8 Å². The van der Waals surface area contributed by atoms with Crippen LogP contribution in [0.3, 0.4) is 0 Å². The van der Waals surface area contributed by atoms with E-state index in [1.54, 1.807) is 12.1 Å². The molecule has 0 unspecified atom stereocenters. The number of rotatable bonds is 11. The van der Waals surface area contributed by atoms with Crippen LogP contribution in [0.1, 0.15) is 35.1 Å². The van der Waals surface area contributed by atoms with Crippen LogP contribution in [-0.2, 0) is 32.7 Å². The predicted octanol–water partition coefficient (Wildman–Crippen LogP) is 3.95. The summed E-state index contributed by atoms with van der Waals surface area (Å²) in [5.41, 5.74) is 3.97. The first-order chi connectivity index (χ1) is 19.1. The van der Waals surface area contributed by atoms with Crippen molar-refractivity contribution in [3.8, 4) is 11.5 Å². The van der Waals surface area contributed by atoms with Crippen LogP contribution in [0.4, 0.5) is 5.69 Å². The number of sulfonamides is 1. The normalized spacial score (nSPS) is 13.3. The van der Waals surface area contributed by atoms with E-state index in [4.69, 9.17) is 9.47 Å². The van der Waals surface area contributed by atoms with Crippen molar-refractivity contribution < 1.29 is 27.5 Å². The molecule has 212 valence electrons. The van der Waals surface area contributed by atoms with E-state index >= 15 is 0 Å². The van der Waals surface area contributed by atoms with E-state index in [1.165, 1.54) is 32.4 Å². The number of methoxy groups -OCH3 is 2. The monoisotopic (exact) mass is 565 g/mol. The molecule has 0 aromatic heterocycles. The summed E-state index contributed by atoms with van der Waals surface area (Å²) >= 11 is 0. The first-order valence-corrected chi connectivity index (χ1v) is 14.5. The highest BCUT2D eigenvalue weighted by atomic mass is 32.2. The van der Waals surface area contributed by atoms with Gasteiger partial charge in [-0.2, -0.15) is 0 Å². The molecule has 4 rings (SSSR count). The van der Waals surface area contributed by atoms with Crippen LogP contribution in [0.2, 0.25) is 0 Å². The Morgan fingerprint density at radius 3 is 2.30 bits per heavy atom. The minimum Gasteiger partial charge on any atom is -0.493 e. The van der Waals surface area contributed by atoms with Crippen molar-refractivity contribution in [2.45, 2.75) is 44.7 Å². The summed E-state index contributed by atoms with van der Waals surface area (Å²) in [5, 5.41) is 2.85. The fourth-order valence-corrected chi connectivity index (χ4v) is 6.25. The Morgan fingerprint density at radius 1 is 0.950 bits per heavy atom. The number of anilines is 1. The zero-order chi connectivity index (χ0) is 28.9. The molecule has 1 aliphatic heterocycles. The van der Waals surface area contributed by atoms with Gasteiger partial charge in [0, 0.05) is 32.1 Å². The van der Waals surface area contributed by atoms with Gasteiger partial charge in [-0.3, -0.25) is 13.9 Å². The van der Waals surface area contributed by atoms with Crippen molar-refractivity contribution in [2.24, 2.45) is 0 Å². The molecular weight excluding hydrogens is 530 g/mol. The summed E-state index contributed by atoms with van der Waals surface area (Å²) in [6.07, 6.45) is 1.46. The van der Waals surface area contributed by atoms with E-state index in [0.717, 1.165) is 39.5 Å². The Balaban J connectivity index is 1.55. The highest BCUT2D eigenvalue weighted by Gasteiger charge is 2.29. The standard InChI is InChI=1S/C30H35N3O6S/c1-21-13-22(2)15-25(14-21)33(40(36,37)26-10-11-27(38-3)28(17-26)39-4)20-29(34)31-18-23-7-5-8-24(16-23)19-32-12-6-9-30(32)35/h5,7-8,10-11,13-17H,6,9,12,18-20H2,1-4H3,(H,31,34). The maximum absolute atomic E-state index is 13.9. The second-order valence-electron chi connectivity index (χ2n) is 9.89. The van der Waals surface area contributed by atoms with Crippen molar-refractivity contribution in [3.63, 3.8) is 0 Å². The zero-order valence-electron chi connectivity index (χ0n) is 23.3. The van der Waals surface area contributed by atoms with Crippen molar-refractivity contribution in [1.29, 1.82) is 0 Å². The Morgan fingerprint density at radius 2 is 1.65 bits per heavy atom. The van der Waals surface area contributed by atoms with E-state index in [9.17, 15) is 18.0 Å². The lowest BCUT2D eigenvalue weighted by atomic mass is 10.1. The summed E-state index contributed by atoms with van der Waals surface area (Å²) in [6.45, 7) is 4.84. The first kappa shape index (κ1) is 28.9. The van der Waals surface area contributed by atoms with Crippen molar-refractivity contribution in [3.05, 3.63) is 82.9 Å². The molecule has 0 saturated carbocycles. The van der Waals surface area contributed by atoms with Gasteiger partial charge in [-0.05, 0) is 66.8 Å². The van der Waals surface area contributed by atoms with Gasteiger partial charge in [-0.15, -0.1) is 0 Å². The van der Waals surface area contributed by atoms with Crippen molar-refractivity contribution in [2.75, 3.05) is 31.6 Å². The number of carbonyl (C=O) groups excluding carboxylic acids is 2. The van der Waals surface area contributed by atoms with Crippen LogP contribution in [0.25, 0.3) is 0 Å². The van der Waals surface area contributed by atoms with Gasteiger partial charge in [0.1, 0.15) is 6.54 Å². The van der Waals surface area contributed by atoms with Gasteiger partial charge >= 0.3 is 0 Å². The molecule has 1 N–H and O–H groups in total. The lowest BCUT2D eigenvalue weighted by molar-refractivity contribution is -0.128. The first-order valence-electron chi connectivity index (χ1n) is 13.1. The van der Waals surface area contributed by atoms with Gasteiger partial charge in [0.05, 0.1) is 24.8 Å². The number of hydrogen-bond acceptors (Lipinski definition) is 6. The second-order valence-corrected chi connectivity index (χ2v) is 11.8. The minimum absolute atomic E-state index is 0.0266. The molecule has 1 aliphatic rings. The maximum Gasteiger partial charge on any atom is 0.264 e. The molecule has 1 saturated heterocycles. The molecule has 1 heterocycles. The molecule has 1 fully saturated rings. The third-order valence-electron chi connectivity index (χ3n) is 6.75. The number of amides is 2. The van der Waals surface area contributed by atoms with Crippen LogP contribution >= 0.6 is 0 Å². The largest absolute Gasteiger partial charge is 0.493 e. The van der Waals surface area contributed by atoms with Crippen LogP contribution in [0.5, 0.6) is 11.5 Å². The highest BCUT2D eigenvalue weighted by molar-refractivity contribution is 7.92. The highest BCUT2D eigenvalue weighted by Crippen LogP contribution is 2.32. The van der Waals surface area contributed by atoms with E-state index < -0.39 is 22.5 Å². The predicted molar refractivity (Wildman–Crippen MR) is 153 cm³/mol. The Bertz CT molecular complexity index is 1480. The number of aryl methyl sites for hydroxylation is 2. The quantitative estimate of drug-likeness (QED) is 0.378. The fraction of sp³-hybridized carbons (Fsp3) is 0.333. The van der Waals surface area contributed by atoms with Gasteiger partial charge in [0.15, 0.2) is 11.5 Å². The van der Waals surface area contributed by atoms with Crippen molar-refractivity contribution in [1.82, 2.24) is 10.2 Å². The molecule has 0 spiro atoms. The van der Waals surface area contributed by atoms with Crippen LogP contribution < -0.4 is 19.1 Å². The lowest BCUT2D eigenvalue weighted by Gasteiger charge is -2.25. The molecular formula is C30H35N3O6S. The summed E-state index contributed by atoms with van der Waals surface area (Å²) in [6, 6.07) is 17.4. The molecule has 3 aromatic rings. The number of likely N-dealkylation sites (tertiary alicyclic amines) is 1. The van der Waals surface area contributed by atoms with Gasteiger partial charge in [-0.25, -0.2) is 8.42 Å². The smallest absolute Gasteiger partial charge is 0.264 e. The minimum atomic E-state index is -4.15. The molecule has 0 radical (unpaired) electrons. The van der Waals surface area contributed by atoms with E-state index in [0.29, 0.717) is 24.4 Å². The summed E-state index contributed by atoms with van der Waals surface area (Å²) in [7, 11) is -1.25. The molecule has 0 aliphatic carbocycles. The SMILES string of the molecule is COc1ccc(S(=O)(=O)N(CC(=O)NCc2cccc(CN3CCCC3=O)c2)c2cc(C)cc(C)c2)cc1OC. The van der Waals surface area contributed by atoms with E-state index in [1.807, 2.05) is 49.1 Å². The molecule has 3 aromatic carbocycles. The maximum atomic E-state index is 13.9. The molecule has 40 heavy (non-hydrogen) atoms. The third-order valence-corrected chi connectivity index (χ3v) is 8.52. The molecule has 10 heteroatoms. The Kier molecular flexibility index (Phi) is 8.99. The number of carbonyl (C=O) groups is 2. The summed E-state index contributed by atoms with van der Waals surface area (Å²) in [4.78, 5) is 27.0. The second kappa shape index (κ2) is 12.4. The number of nitrogens with zero attached hydrogens (tertiary/aromatic N) is 2. The number of nitrogens with one attached hydrogen (secondary N) is 1. The van der Waals surface area contributed by atoms with E-state index in [2.05, 4.69) is 5.32 Å². The number of benzene rings is 3. The molecule has 0 atom stereocenters. The molecule has 2 amide bonds. The van der Waals surface area contributed by atoms with Gasteiger partial charge in [-0.1, -0.05) is 30.3 Å². The average molecular weight is 566 g/mol. The summed E-state index contributed by atoms with van der Waals surface area (Å²) in [5.74, 6) is 0.363. The Labute approximate surface area is 235 Å². The van der Waals surface area contributed by atoms with Gasteiger partial charge < -0.3 is 19.7 Å². The lowest BCUT2D eigenvalue weighted by Crippen LogP contribution is -2.40. The zero-order valence-corrected chi connectivity index (χ0v) is 24.1.